The summed E-state index contributed by atoms with van der Waals surface area (Å²) in [4.78, 5) is 61.5. The Morgan fingerprint density at radius 3 is 2.45 bits per heavy atom. The molecule has 1 saturated heterocycles. The Labute approximate surface area is 228 Å². The lowest BCUT2D eigenvalue weighted by Gasteiger charge is -2.26. The van der Waals surface area contributed by atoms with Gasteiger partial charge in [-0.3, -0.25) is 29.8 Å². The predicted octanol–water partition coefficient (Wildman–Crippen LogP) is 3.99. The highest BCUT2D eigenvalue weighted by Gasteiger charge is 2.37. The molecule has 0 saturated carbocycles. The zero-order valence-corrected chi connectivity index (χ0v) is 21.5. The van der Waals surface area contributed by atoms with Gasteiger partial charge < -0.3 is 14.8 Å². The van der Waals surface area contributed by atoms with E-state index in [0.717, 1.165) is 17.7 Å². The van der Waals surface area contributed by atoms with E-state index in [4.69, 9.17) is 9.47 Å². The summed E-state index contributed by atoms with van der Waals surface area (Å²) in [6.07, 6.45) is 1.28. The van der Waals surface area contributed by atoms with Gasteiger partial charge in [-0.1, -0.05) is 18.2 Å². The number of barbiturate groups is 1. The number of nitro groups is 1. The highest BCUT2D eigenvalue weighted by molar-refractivity contribution is 6.39. The SMILES string of the molecule is CCOc1cc(/C=C2\C(=O)NC(=O)N(c3ccc([N+](=O)[O-])cc3)C2=O)ccc1OCC(=O)Nc1cccc(C)c1. The molecule has 40 heavy (non-hydrogen) atoms. The number of ether oxygens (including phenoxy) is 2. The molecule has 5 amide bonds. The van der Waals surface area contributed by atoms with Crippen LogP contribution in [0.3, 0.4) is 0 Å². The summed E-state index contributed by atoms with van der Waals surface area (Å²) < 4.78 is 11.3. The van der Waals surface area contributed by atoms with E-state index < -0.39 is 22.8 Å². The van der Waals surface area contributed by atoms with Crippen LogP contribution in [0.25, 0.3) is 6.08 Å². The maximum absolute atomic E-state index is 13.1. The van der Waals surface area contributed by atoms with E-state index in [-0.39, 0.29) is 47.6 Å². The summed E-state index contributed by atoms with van der Waals surface area (Å²) in [6.45, 7) is 3.65. The molecule has 0 radical (unpaired) electrons. The van der Waals surface area contributed by atoms with Crippen LogP contribution < -0.4 is 25.0 Å². The normalized spacial score (nSPS) is 14.1. The van der Waals surface area contributed by atoms with E-state index in [0.29, 0.717) is 16.2 Å². The van der Waals surface area contributed by atoms with Gasteiger partial charge >= 0.3 is 6.03 Å². The number of hydrogen-bond acceptors (Lipinski definition) is 8. The van der Waals surface area contributed by atoms with Crippen molar-refractivity contribution in [1.82, 2.24) is 5.32 Å². The molecule has 0 aromatic heterocycles. The molecule has 0 aliphatic carbocycles. The number of carbonyl (C=O) groups is 4. The number of imide groups is 2. The quantitative estimate of drug-likeness (QED) is 0.177. The molecule has 204 valence electrons. The van der Waals surface area contributed by atoms with Gasteiger partial charge in [0.25, 0.3) is 23.4 Å². The van der Waals surface area contributed by atoms with Gasteiger partial charge in [0.05, 0.1) is 17.2 Å². The number of urea groups is 1. The average Bonchev–Trinajstić information content (AvgIpc) is 2.91. The minimum absolute atomic E-state index is 0.0502. The summed E-state index contributed by atoms with van der Waals surface area (Å²) in [5, 5.41) is 15.8. The van der Waals surface area contributed by atoms with Crippen LogP contribution in [0.1, 0.15) is 18.1 Å². The number of hydrogen-bond donors (Lipinski definition) is 2. The minimum atomic E-state index is -0.983. The Morgan fingerprint density at radius 2 is 1.77 bits per heavy atom. The third kappa shape index (κ3) is 6.30. The Bertz CT molecular complexity index is 1530. The summed E-state index contributed by atoms with van der Waals surface area (Å²) in [6, 6.07) is 15.7. The zero-order valence-electron chi connectivity index (χ0n) is 21.5. The van der Waals surface area contributed by atoms with Crippen molar-refractivity contribution in [3.8, 4) is 11.5 Å². The van der Waals surface area contributed by atoms with Gasteiger partial charge in [0.1, 0.15) is 5.57 Å². The molecular formula is C28H24N4O8. The first-order valence-electron chi connectivity index (χ1n) is 12.1. The summed E-state index contributed by atoms with van der Waals surface area (Å²) in [7, 11) is 0. The first-order valence-corrected chi connectivity index (χ1v) is 12.1. The number of nitrogens with one attached hydrogen (secondary N) is 2. The van der Waals surface area contributed by atoms with Gasteiger partial charge in [-0.05, 0) is 67.4 Å². The fraction of sp³-hybridized carbons (Fsp3) is 0.143. The van der Waals surface area contributed by atoms with Crippen molar-refractivity contribution in [2.45, 2.75) is 13.8 Å². The lowest BCUT2D eigenvalue weighted by Crippen LogP contribution is -2.54. The highest BCUT2D eigenvalue weighted by Crippen LogP contribution is 2.30. The molecule has 3 aromatic carbocycles. The number of aryl methyl sites for hydroxylation is 1. The van der Waals surface area contributed by atoms with Crippen LogP contribution >= 0.6 is 0 Å². The van der Waals surface area contributed by atoms with Crippen LogP contribution in [-0.2, 0) is 14.4 Å². The third-order valence-electron chi connectivity index (χ3n) is 5.66. The molecule has 0 atom stereocenters. The summed E-state index contributed by atoms with van der Waals surface area (Å²) in [5.74, 6) is -1.65. The molecule has 3 aromatic rings. The van der Waals surface area contributed by atoms with Crippen LogP contribution in [0.15, 0.2) is 72.3 Å². The molecule has 4 rings (SSSR count). The average molecular weight is 545 g/mol. The van der Waals surface area contributed by atoms with E-state index >= 15 is 0 Å². The molecule has 1 fully saturated rings. The number of nitro benzene ring substituents is 1. The smallest absolute Gasteiger partial charge is 0.335 e. The van der Waals surface area contributed by atoms with Crippen LogP contribution in [-0.4, -0.2) is 41.9 Å². The van der Waals surface area contributed by atoms with Gasteiger partial charge in [0.2, 0.25) is 0 Å². The maximum atomic E-state index is 13.1. The van der Waals surface area contributed by atoms with Crippen molar-refractivity contribution in [2.24, 2.45) is 0 Å². The van der Waals surface area contributed by atoms with Crippen molar-refractivity contribution >= 4 is 46.9 Å². The van der Waals surface area contributed by atoms with E-state index in [1.54, 1.807) is 19.1 Å². The van der Waals surface area contributed by atoms with E-state index in [9.17, 15) is 29.3 Å². The van der Waals surface area contributed by atoms with Gasteiger partial charge in [-0.2, -0.15) is 0 Å². The molecule has 2 N–H and O–H groups in total. The Morgan fingerprint density at radius 1 is 1.02 bits per heavy atom. The monoisotopic (exact) mass is 544 g/mol. The highest BCUT2D eigenvalue weighted by atomic mass is 16.6. The molecule has 1 aliphatic heterocycles. The van der Waals surface area contributed by atoms with Crippen molar-refractivity contribution < 1.29 is 33.6 Å². The van der Waals surface area contributed by atoms with Crippen LogP contribution in [0, 0.1) is 17.0 Å². The maximum Gasteiger partial charge on any atom is 0.335 e. The Kier molecular flexibility index (Phi) is 8.19. The number of anilines is 2. The summed E-state index contributed by atoms with van der Waals surface area (Å²) in [5.41, 5.74) is 1.50. The molecule has 12 heteroatoms. The van der Waals surface area contributed by atoms with Crippen LogP contribution in [0.5, 0.6) is 11.5 Å². The number of nitrogens with zero attached hydrogens (tertiary/aromatic N) is 2. The number of amides is 5. The molecule has 12 nitrogen and oxygen atoms in total. The van der Waals surface area contributed by atoms with Crippen LogP contribution in [0.2, 0.25) is 0 Å². The van der Waals surface area contributed by atoms with Crippen molar-refractivity contribution in [1.29, 1.82) is 0 Å². The first kappa shape index (κ1) is 27.5. The third-order valence-corrected chi connectivity index (χ3v) is 5.66. The molecular weight excluding hydrogens is 520 g/mol. The number of rotatable bonds is 9. The number of benzene rings is 3. The molecule has 1 heterocycles. The molecule has 0 bridgehead atoms. The number of carbonyl (C=O) groups excluding carboxylic acids is 4. The second-order valence-corrected chi connectivity index (χ2v) is 8.58. The molecule has 0 spiro atoms. The second kappa shape index (κ2) is 11.9. The minimum Gasteiger partial charge on any atom is -0.490 e. The van der Waals surface area contributed by atoms with Gasteiger partial charge in [-0.25, -0.2) is 9.69 Å². The van der Waals surface area contributed by atoms with Gasteiger partial charge in [0, 0.05) is 17.8 Å². The van der Waals surface area contributed by atoms with Gasteiger partial charge in [-0.15, -0.1) is 0 Å². The molecule has 0 unspecified atom stereocenters. The molecule has 1 aliphatic rings. The van der Waals surface area contributed by atoms with E-state index in [2.05, 4.69) is 10.6 Å². The standard InChI is InChI=1S/C28H24N4O8/c1-3-39-24-15-18(7-12-23(24)40-16-25(33)29-19-6-4-5-17(2)13-19)14-22-26(34)30-28(36)31(27(22)35)20-8-10-21(11-9-20)32(37)38/h4-15H,3,16H2,1-2H3,(H,29,33)(H,30,34,36)/b22-14+. The van der Waals surface area contributed by atoms with Crippen molar-refractivity contribution in [3.05, 3.63) is 93.5 Å². The summed E-state index contributed by atoms with van der Waals surface area (Å²) >= 11 is 0. The predicted molar refractivity (Wildman–Crippen MR) is 145 cm³/mol. The number of non-ortho nitro benzene ring substituents is 1. The zero-order chi connectivity index (χ0) is 28.8. The fourth-order valence-corrected chi connectivity index (χ4v) is 3.85. The van der Waals surface area contributed by atoms with Gasteiger partial charge in [0.15, 0.2) is 18.1 Å². The van der Waals surface area contributed by atoms with Crippen molar-refractivity contribution in [2.75, 3.05) is 23.4 Å². The topological polar surface area (TPSA) is 157 Å². The lowest BCUT2D eigenvalue weighted by molar-refractivity contribution is -0.384. The first-order chi connectivity index (χ1) is 19.2. The van der Waals surface area contributed by atoms with Crippen LogP contribution in [0.4, 0.5) is 21.9 Å². The Balaban J connectivity index is 1.53. The lowest BCUT2D eigenvalue weighted by atomic mass is 10.1. The van der Waals surface area contributed by atoms with E-state index in [1.165, 1.54) is 30.3 Å². The van der Waals surface area contributed by atoms with E-state index in [1.807, 2.05) is 25.1 Å². The van der Waals surface area contributed by atoms with Crippen molar-refractivity contribution in [3.63, 3.8) is 0 Å². The fourth-order valence-electron chi connectivity index (χ4n) is 3.85. The largest absolute Gasteiger partial charge is 0.490 e. The second-order valence-electron chi connectivity index (χ2n) is 8.58. The Hall–Kier alpha value is -5.52.